The molecule has 2 aliphatic heterocycles. The van der Waals surface area contributed by atoms with Crippen molar-refractivity contribution in [2.24, 2.45) is 0 Å². The lowest BCUT2D eigenvalue weighted by Crippen LogP contribution is -2.28. The predicted octanol–water partition coefficient (Wildman–Crippen LogP) is 7.72. The number of hydrogen-bond acceptors (Lipinski definition) is 9. The third-order valence-electron chi connectivity index (χ3n) is 10.3. The highest BCUT2D eigenvalue weighted by Gasteiger charge is 2.50. The number of amides is 1. The summed E-state index contributed by atoms with van der Waals surface area (Å²) in [5.74, 6) is -5.44. The fourth-order valence-electron chi connectivity index (χ4n) is 8.03. The average Bonchev–Trinajstić information content (AvgIpc) is 3.95. The van der Waals surface area contributed by atoms with Crippen LogP contribution in [0, 0.1) is 18.6 Å². The van der Waals surface area contributed by atoms with Crippen LogP contribution in [0.3, 0.4) is 0 Å². The Kier molecular flexibility index (Phi) is 7.69. The number of ether oxygens (including phenoxy) is 1. The minimum absolute atomic E-state index is 0.0530. The van der Waals surface area contributed by atoms with Crippen LogP contribution in [0.4, 0.5) is 23.4 Å². The number of alkyl halides is 2. The van der Waals surface area contributed by atoms with Crippen LogP contribution >= 0.6 is 11.3 Å². The molecule has 2 aromatic carbocycles. The number of thiophene rings is 1. The van der Waals surface area contributed by atoms with E-state index in [1.807, 2.05) is 12.1 Å². The molecule has 0 saturated carbocycles. The minimum atomic E-state index is -3.30. The summed E-state index contributed by atoms with van der Waals surface area (Å²) in [6, 6.07) is 10.5. The Labute approximate surface area is 302 Å². The molecule has 4 aromatic heterocycles. The van der Waals surface area contributed by atoms with Crippen LogP contribution in [-0.2, 0) is 19.3 Å². The molecule has 2 N–H and O–H groups in total. The van der Waals surface area contributed by atoms with Gasteiger partial charge in [0.25, 0.3) is 17.7 Å². The fraction of sp³-hybridized carbons (Fsp3) is 0.289. The quantitative estimate of drug-likeness (QED) is 0.152. The van der Waals surface area contributed by atoms with Gasteiger partial charge in [-0.25, -0.2) is 32.4 Å². The second-order valence-electron chi connectivity index (χ2n) is 13.6. The molecular formula is C38H30F4N6O4S. The van der Waals surface area contributed by atoms with Gasteiger partial charge in [-0.15, -0.1) is 16.4 Å². The Balaban J connectivity index is 1.23. The zero-order valence-corrected chi connectivity index (χ0v) is 29.2. The lowest BCUT2D eigenvalue weighted by atomic mass is 9.93. The Bertz CT molecular complexity index is 2530. The van der Waals surface area contributed by atoms with E-state index in [2.05, 4.69) is 20.5 Å². The highest BCUT2D eigenvalue weighted by atomic mass is 32.1. The second kappa shape index (κ2) is 12.3. The number of pyridine rings is 2. The number of benzene rings is 2. The van der Waals surface area contributed by atoms with E-state index in [4.69, 9.17) is 14.1 Å². The summed E-state index contributed by atoms with van der Waals surface area (Å²) in [7, 11) is 1.25. The van der Waals surface area contributed by atoms with Crippen molar-refractivity contribution in [3.63, 3.8) is 0 Å². The number of nitrogens with one attached hydrogen (secondary N) is 2. The molecule has 1 aliphatic carbocycles. The maximum Gasteiger partial charge on any atom is 0.434 e. The third kappa shape index (κ3) is 5.39. The standard InChI is InChI=1S/C38H30F4N6O4S/c1-17-14-19-15-26(53-32(19)34(43-17)45-33-21-10-11-23(40)31(51-2)22(21)16-38(33,41)42)28-27(35-46-47-37(50)52-35)24(12-7-18-5-8-20(39)9-6-18)44-30-25-4-3-13-48(25)36(49)29(28)30/h5-6,8-11,14-15,25,33H,3-4,7,12-13,16H2,1-2H3,(H,43,45)(H,47,50)/t25-,33-/m1/s1. The molecular weight excluding hydrogens is 713 g/mol. The highest BCUT2D eigenvalue weighted by Crippen LogP contribution is 2.52. The Morgan fingerprint density at radius 2 is 1.87 bits per heavy atom. The lowest BCUT2D eigenvalue weighted by Gasteiger charge is -2.22. The summed E-state index contributed by atoms with van der Waals surface area (Å²) < 4.78 is 71.0. The average molecular weight is 743 g/mol. The summed E-state index contributed by atoms with van der Waals surface area (Å²) in [6.45, 7) is 2.31. The van der Waals surface area contributed by atoms with Crippen LogP contribution < -0.4 is 15.8 Å². The smallest absolute Gasteiger partial charge is 0.434 e. The highest BCUT2D eigenvalue weighted by molar-refractivity contribution is 7.23. The number of nitrogens with zero attached hydrogens (tertiary/aromatic N) is 4. The van der Waals surface area contributed by atoms with Gasteiger partial charge in [-0.2, -0.15) is 0 Å². The van der Waals surface area contributed by atoms with Crippen molar-refractivity contribution in [1.29, 1.82) is 0 Å². The van der Waals surface area contributed by atoms with Crippen molar-refractivity contribution in [2.45, 2.75) is 57.0 Å². The number of H-pyrrole nitrogens is 1. The van der Waals surface area contributed by atoms with Gasteiger partial charge in [0.1, 0.15) is 17.7 Å². The molecule has 1 fully saturated rings. The second-order valence-corrected chi connectivity index (χ2v) is 14.6. The number of hydrogen-bond donors (Lipinski definition) is 2. The van der Waals surface area contributed by atoms with E-state index in [1.165, 1.54) is 36.6 Å². The van der Waals surface area contributed by atoms with Gasteiger partial charge in [0.15, 0.2) is 11.6 Å². The lowest BCUT2D eigenvalue weighted by molar-refractivity contribution is -0.00736. The molecule has 15 heteroatoms. The Morgan fingerprint density at radius 3 is 2.62 bits per heavy atom. The molecule has 1 saturated heterocycles. The summed E-state index contributed by atoms with van der Waals surface area (Å²) in [6.07, 6.45) is 1.65. The fourth-order valence-corrected chi connectivity index (χ4v) is 9.18. The first-order chi connectivity index (χ1) is 25.5. The summed E-state index contributed by atoms with van der Waals surface area (Å²) in [5, 5.41) is 10.2. The van der Waals surface area contributed by atoms with Crippen LogP contribution in [0.15, 0.2) is 57.7 Å². The molecule has 3 aliphatic rings. The van der Waals surface area contributed by atoms with Gasteiger partial charge in [0, 0.05) is 34.7 Å². The van der Waals surface area contributed by atoms with Gasteiger partial charge in [-0.1, -0.05) is 18.2 Å². The van der Waals surface area contributed by atoms with E-state index in [-0.39, 0.29) is 46.4 Å². The van der Waals surface area contributed by atoms with Crippen molar-refractivity contribution >= 4 is 33.1 Å². The molecule has 10 nitrogen and oxygen atoms in total. The SMILES string of the molecule is COc1c(F)ccc2c1CC(F)(F)[C@@H]2Nc1nc(C)cc2cc(-c3c4c(nc(CCc5ccc(F)cc5)c3-c3n[nH]c(=O)o3)[C@H]3CCCN3C4=O)sc12. The zero-order chi connectivity index (χ0) is 36.8. The predicted molar refractivity (Wildman–Crippen MR) is 188 cm³/mol. The first-order valence-electron chi connectivity index (χ1n) is 17.1. The molecule has 6 heterocycles. The molecule has 1 amide bonds. The number of aromatic nitrogens is 4. The number of rotatable bonds is 8. The van der Waals surface area contributed by atoms with Gasteiger partial charge < -0.3 is 19.4 Å². The molecule has 0 radical (unpaired) electrons. The Morgan fingerprint density at radius 1 is 1.06 bits per heavy atom. The number of methoxy groups -OCH3 is 1. The van der Waals surface area contributed by atoms with E-state index < -0.39 is 30.0 Å². The van der Waals surface area contributed by atoms with Crippen LogP contribution in [0.2, 0.25) is 0 Å². The normalized spacial score (nSPS) is 18.5. The molecule has 0 spiro atoms. The summed E-state index contributed by atoms with van der Waals surface area (Å²) >= 11 is 1.24. The number of fused-ring (bicyclic) bond motifs is 5. The van der Waals surface area contributed by atoms with Crippen LogP contribution in [0.1, 0.15) is 69.1 Å². The van der Waals surface area contributed by atoms with E-state index in [9.17, 15) is 18.4 Å². The van der Waals surface area contributed by atoms with E-state index >= 15 is 8.78 Å². The molecule has 6 aromatic rings. The van der Waals surface area contributed by atoms with Crippen LogP contribution in [0.25, 0.3) is 32.0 Å². The Hall–Kier alpha value is -5.57. The first kappa shape index (κ1) is 33.3. The van der Waals surface area contributed by atoms with Crippen molar-refractivity contribution in [3.05, 3.63) is 110 Å². The number of halogens is 4. The number of carbonyl (C=O) groups is 1. The van der Waals surface area contributed by atoms with E-state index in [1.54, 1.807) is 24.0 Å². The van der Waals surface area contributed by atoms with E-state index in [0.717, 1.165) is 24.5 Å². The maximum absolute atomic E-state index is 15.7. The zero-order valence-electron chi connectivity index (χ0n) is 28.4. The molecule has 53 heavy (non-hydrogen) atoms. The topological polar surface area (TPSA) is 126 Å². The van der Waals surface area contributed by atoms with Crippen molar-refractivity contribution in [2.75, 3.05) is 19.0 Å². The van der Waals surface area contributed by atoms with Gasteiger partial charge >= 0.3 is 5.76 Å². The van der Waals surface area contributed by atoms with E-state index in [0.29, 0.717) is 68.1 Å². The van der Waals surface area contributed by atoms with Gasteiger partial charge in [-0.3, -0.25) is 9.78 Å². The number of aryl methyl sites for hydroxylation is 3. The molecule has 9 rings (SSSR count). The van der Waals surface area contributed by atoms with Crippen molar-refractivity contribution in [1.82, 2.24) is 25.1 Å². The maximum atomic E-state index is 15.7. The number of anilines is 1. The monoisotopic (exact) mass is 742 g/mol. The van der Waals surface area contributed by atoms with Crippen LogP contribution in [-0.4, -0.2) is 50.5 Å². The van der Waals surface area contributed by atoms with Gasteiger partial charge in [0.2, 0.25) is 0 Å². The van der Waals surface area contributed by atoms with Gasteiger partial charge in [-0.05, 0) is 79.5 Å². The van der Waals surface area contributed by atoms with Crippen LogP contribution in [0.5, 0.6) is 5.75 Å². The molecule has 270 valence electrons. The molecule has 0 bridgehead atoms. The number of carbonyl (C=O) groups excluding carboxylic acids is 1. The summed E-state index contributed by atoms with van der Waals surface area (Å²) in [5.41, 5.74) is 4.06. The minimum Gasteiger partial charge on any atom is -0.493 e. The van der Waals surface area contributed by atoms with Gasteiger partial charge in [0.05, 0.1) is 40.4 Å². The van der Waals surface area contributed by atoms with Crippen molar-refractivity contribution < 1.29 is 31.5 Å². The number of aromatic amines is 1. The third-order valence-corrected chi connectivity index (χ3v) is 11.5. The molecule has 0 unspecified atom stereocenters. The first-order valence-corrected chi connectivity index (χ1v) is 17.9. The summed E-state index contributed by atoms with van der Waals surface area (Å²) in [4.78, 5) is 38.7. The largest absolute Gasteiger partial charge is 0.493 e. The van der Waals surface area contributed by atoms with Crippen molar-refractivity contribution in [3.8, 4) is 27.6 Å². The molecule has 2 atom stereocenters.